The second-order valence-electron chi connectivity index (χ2n) is 7.17. The second kappa shape index (κ2) is 9.28. The molecule has 0 bridgehead atoms. The third kappa shape index (κ3) is 5.38. The van der Waals surface area contributed by atoms with E-state index in [1.807, 2.05) is 24.3 Å². The zero-order valence-corrected chi connectivity index (χ0v) is 15.1. The molecular weight excluding hydrogens is 300 g/mol. The van der Waals surface area contributed by atoms with Gasteiger partial charge >= 0.3 is 0 Å². The first-order chi connectivity index (χ1) is 11.8. The standard InChI is InChI=1S/C20H32N2O2/c1-23-19-5-7-20(8-6-19)24-17-18-9-13-22(14-10-18)16-15-21-11-3-2-4-12-21/h5-8,18H,2-4,9-17H2,1H3. The van der Waals surface area contributed by atoms with Crippen molar-refractivity contribution in [3.63, 3.8) is 0 Å². The predicted octanol–water partition coefficient (Wildman–Crippen LogP) is 3.27. The average Bonchev–Trinajstić information content (AvgIpc) is 2.67. The predicted molar refractivity (Wildman–Crippen MR) is 97.9 cm³/mol. The van der Waals surface area contributed by atoms with Crippen molar-refractivity contribution >= 4 is 0 Å². The van der Waals surface area contributed by atoms with Gasteiger partial charge in [-0.2, -0.15) is 0 Å². The van der Waals surface area contributed by atoms with Crippen LogP contribution in [0.2, 0.25) is 0 Å². The van der Waals surface area contributed by atoms with E-state index >= 15 is 0 Å². The summed E-state index contributed by atoms with van der Waals surface area (Å²) in [6.45, 7) is 8.42. The maximum Gasteiger partial charge on any atom is 0.119 e. The van der Waals surface area contributed by atoms with Crippen LogP contribution in [0.5, 0.6) is 11.5 Å². The number of benzene rings is 1. The summed E-state index contributed by atoms with van der Waals surface area (Å²) in [5.74, 6) is 2.52. The Balaban J connectivity index is 1.31. The van der Waals surface area contributed by atoms with Gasteiger partial charge in [0.2, 0.25) is 0 Å². The molecule has 0 saturated carbocycles. The largest absolute Gasteiger partial charge is 0.497 e. The second-order valence-corrected chi connectivity index (χ2v) is 7.17. The number of rotatable bonds is 7. The number of ether oxygens (including phenoxy) is 2. The van der Waals surface area contributed by atoms with Crippen LogP contribution in [0.15, 0.2) is 24.3 Å². The van der Waals surface area contributed by atoms with E-state index in [0.29, 0.717) is 5.92 Å². The third-order valence-electron chi connectivity index (χ3n) is 5.43. The Labute approximate surface area is 146 Å². The van der Waals surface area contributed by atoms with E-state index in [9.17, 15) is 0 Å². The maximum absolute atomic E-state index is 5.95. The molecule has 0 radical (unpaired) electrons. The van der Waals surface area contributed by atoms with Gasteiger partial charge in [-0.15, -0.1) is 0 Å². The molecule has 4 heteroatoms. The van der Waals surface area contributed by atoms with Crippen molar-refractivity contribution in [3.05, 3.63) is 24.3 Å². The summed E-state index contributed by atoms with van der Waals surface area (Å²) in [5.41, 5.74) is 0. The van der Waals surface area contributed by atoms with Crippen LogP contribution >= 0.6 is 0 Å². The first-order valence-electron chi connectivity index (χ1n) is 9.55. The molecule has 1 aromatic carbocycles. The zero-order valence-electron chi connectivity index (χ0n) is 15.1. The lowest BCUT2D eigenvalue weighted by molar-refractivity contribution is 0.122. The monoisotopic (exact) mass is 332 g/mol. The number of hydrogen-bond donors (Lipinski definition) is 0. The van der Waals surface area contributed by atoms with Crippen molar-refractivity contribution in [1.29, 1.82) is 0 Å². The van der Waals surface area contributed by atoms with Crippen molar-refractivity contribution in [2.75, 3.05) is 53.0 Å². The number of piperidine rings is 2. The Morgan fingerprint density at radius 1 is 0.833 bits per heavy atom. The highest BCUT2D eigenvalue weighted by Crippen LogP contribution is 2.21. The smallest absolute Gasteiger partial charge is 0.119 e. The topological polar surface area (TPSA) is 24.9 Å². The van der Waals surface area contributed by atoms with Gasteiger partial charge in [-0.1, -0.05) is 6.42 Å². The molecule has 0 unspecified atom stereocenters. The highest BCUT2D eigenvalue weighted by molar-refractivity contribution is 5.31. The van der Waals surface area contributed by atoms with Gasteiger partial charge in [0.1, 0.15) is 11.5 Å². The van der Waals surface area contributed by atoms with Crippen molar-refractivity contribution in [2.45, 2.75) is 32.1 Å². The van der Waals surface area contributed by atoms with Crippen LogP contribution in [0.25, 0.3) is 0 Å². The lowest BCUT2D eigenvalue weighted by Gasteiger charge is -2.34. The highest BCUT2D eigenvalue weighted by atomic mass is 16.5. The van der Waals surface area contributed by atoms with Crippen molar-refractivity contribution in [2.24, 2.45) is 5.92 Å². The van der Waals surface area contributed by atoms with Gasteiger partial charge in [-0.25, -0.2) is 0 Å². The van der Waals surface area contributed by atoms with Gasteiger partial charge in [0, 0.05) is 13.1 Å². The van der Waals surface area contributed by atoms with E-state index in [4.69, 9.17) is 9.47 Å². The summed E-state index contributed by atoms with van der Waals surface area (Å²) >= 11 is 0. The first kappa shape index (κ1) is 17.6. The molecule has 0 spiro atoms. The lowest BCUT2D eigenvalue weighted by Crippen LogP contribution is -2.41. The molecule has 2 aliphatic heterocycles. The summed E-state index contributed by atoms with van der Waals surface area (Å²) in [5, 5.41) is 0. The average molecular weight is 332 g/mol. The molecule has 0 atom stereocenters. The molecule has 0 aliphatic carbocycles. The Morgan fingerprint density at radius 3 is 2.04 bits per heavy atom. The Morgan fingerprint density at radius 2 is 1.42 bits per heavy atom. The van der Waals surface area contributed by atoms with E-state index in [1.54, 1.807) is 7.11 Å². The normalized spacial score (nSPS) is 20.9. The molecule has 0 N–H and O–H groups in total. The Kier molecular flexibility index (Phi) is 6.79. The van der Waals surface area contributed by atoms with E-state index in [0.717, 1.165) is 18.1 Å². The van der Waals surface area contributed by atoms with Crippen molar-refractivity contribution < 1.29 is 9.47 Å². The summed E-state index contributed by atoms with van der Waals surface area (Å²) in [4.78, 5) is 5.28. The number of nitrogens with zero attached hydrogens (tertiary/aromatic N) is 2. The van der Waals surface area contributed by atoms with Gasteiger partial charge in [-0.3, -0.25) is 0 Å². The first-order valence-corrected chi connectivity index (χ1v) is 9.55. The van der Waals surface area contributed by atoms with Crippen LogP contribution in [-0.2, 0) is 0 Å². The van der Waals surface area contributed by atoms with Crippen LogP contribution in [0.1, 0.15) is 32.1 Å². The molecule has 134 valence electrons. The summed E-state index contributed by atoms with van der Waals surface area (Å²) < 4.78 is 11.1. The van der Waals surface area contributed by atoms with E-state index in [1.165, 1.54) is 71.4 Å². The number of methoxy groups -OCH3 is 1. The molecule has 3 rings (SSSR count). The van der Waals surface area contributed by atoms with Gasteiger partial charge in [0.15, 0.2) is 0 Å². The molecular formula is C20H32N2O2. The molecule has 0 aromatic heterocycles. The van der Waals surface area contributed by atoms with Gasteiger partial charge in [0.05, 0.1) is 13.7 Å². The molecule has 24 heavy (non-hydrogen) atoms. The highest BCUT2D eigenvalue weighted by Gasteiger charge is 2.20. The Bertz CT molecular complexity index is 463. The Hall–Kier alpha value is -1.26. The van der Waals surface area contributed by atoms with E-state index < -0.39 is 0 Å². The van der Waals surface area contributed by atoms with Gasteiger partial charge in [0.25, 0.3) is 0 Å². The van der Waals surface area contributed by atoms with Gasteiger partial charge in [-0.05, 0) is 82.0 Å². The van der Waals surface area contributed by atoms with Crippen LogP contribution in [-0.4, -0.2) is 62.8 Å². The minimum absolute atomic E-state index is 0.693. The number of hydrogen-bond acceptors (Lipinski definition) is 4. The minimum Gasteiger partial charge on any atom is -0.497 e. The molecule has 2 heterocycles. The summed E-state index contributed by atoms with van der Waals surface area (Å²) in [6, 6.07) is 7.90. The fourth-order valence-electron chi connectivity index (χ4n) is 3.73. The van der Waals surface area contributed by atoms with E-state index in [2.05, 4.69) is 9.80 Å². The molecule has 2 saturated heterocycles. The van der Waals surface area contributed by atoms with Crippen LogP contribution in [0.4, 0.5) is 0 Å². The lowest BCUT2D eigenvalue weighted by atomic mass is 9.98. The van der Waals surface area contributed by atoms with Gasteiger partial charge < -0.3 is 19.3 Å². The molecule has 2 aliphatic rings. The fraction of sp³-hybridized carbons (Fsp3) is 0.700. The SMILES string of the molecule is COc1ccc(OCC2CCN(CCN3CCCCC3)CC2)cc1. The zero-order chi connectivity index (χ0) is 16.6. The summed E-state index contributed by atoms with van der Waals surface area (Å²) in [6.07, 6.45) is 6.73. The van der Waals surface area contributed by atoms with Crippen molar-refractivity contribution in [1.82, 2.24) is 9.80 Å². The molecule has 2 fully saturated rings. The summed E-state index contributed by atoms with van der Waals surface area (Å²) in [7, 11) is 1.69. The number of likely N-dealkylation sites (tertiary alicyclic amines) is 2. The van der Waals surface area contributed by atoms with Crippen LogP contribution in [0.3, 0.4) is 0 Å². The quantitative estimate of drug-likeness (QED) is 0.765. The van der Waals surface area contributed by atoms with E-state index in [-0.39, 0.29) is 0 Å². The molecule has 4 nitrogen and oxygen atoms in total. The molecule has 1 aromatic rings. The van der Waals surface area contributed by atoms with Crippen LogP contribution < -0.4 is 9.47 Å². The molecule has 0 amide bonds. The van der Waals surface area contributed by atoms with Crippen LogP contribution in [0, 0.1) is 5.92 Å². The minimum atomic E-state index is 0.693. The van der Waals surface area contributed by atoms with Crippen molar-refractivity contribution in [3.8, 4) is 11.5 Å². The fourth-order valence-corrected chi connectivity index (χ4v) is 3.73. The maximum atomic E-state index is 5.95. The third-order valence-corrected chi connectivity index (χ3v) is 5.43.